The first-order valence-corrected chi connectivity index (χ1v) is 8.99. The summed E-state index contributed by atoms with van der Waals surface area (Å²) < 4.78 is 40.4. The van der Waals surface area contributed by atoms with E-state index in [0.29, 0.717) is 33.1 Å². The molecular weight excluding hydrogens is 419 g/mol. The molecule has 0 aliphatic heterocycles. The summed E-state index contributed by atoms with van der Waals surface area (Å²) in [5.41, 5.74) is 6.84. The zero-order valence-corrected chi connectivity index (χ0v) is 15.9. The third-order valence-corrected chi connectivity index (χ3v) is 4.71. The first-order chi connectivity index (χ1) is 14.2. The average molecular weight is 432 g/mol. The highest BCUT2D eigenvalue weighted by Gasteiger charge is 2.30. The second-order valence-corrected chi connectivity index (χ2v) is 6.77. The number of nitrogens with one attached hydrogen (secondary N) is 1. The Bertz CT molecular complexity index is 1250. The number of aromatic nitrogens is 3. The molecule has 0 saturated carbocycles. The molecule has 2 aromatic carbocycles. The number of alkyl halides is 3. The van der Waals surface area contributed by atoms with Gasteiger partial charge < -0.3 is 5.73 Å². The van der Waals surface area contributed by atoms with Crippen LogP contribution in [0.15, 0.2) is 60.8 Å². The maximum absolute atomic E-state index is 13.0. The van der Waals surface area contributed by atoms with Gasteiger partial charge in [-0.3, -0.25) is 5.32 Å². The molecule has 0 bridgehead atoms. The van der Waals surface area contributed by atoms with Crippen LogP contribution < -0.4 is 11.1 Å². The van der Waals surface area contributed by atoms with Crippen LogP contribution in [0.5, 0.6) is 0 Å². The lowest BCUT2D eigenvalue weighted by molar-refractivity contribution is -0.137. The second kappa shape index (κ2) is 7.34. The quantitative estimate of drug-likeness (QED) is 0.466. The molecule has 0 aliphatic rings. The summed E-state index contributed by atoms with van der Waals surface area (Å²) in [6, 6.07) is 12.4. The van der Waals surface area contributed by atoms with Crippen molar-refractivity contribution in [3.05, 3.63) is 71.4 Å². The highest BCUT2D eigenvalue weighted by Crippen LogP contribution is 2.37. The molecular formula is C20H13ClF3N5O. The predicted molar refractivity (Wildman–Crippen MR) is 107 cm³/mol. The van der Waals surface area contributed by atoms with E-state index in [1.165, 1.54) is 22.7 Å². The van der Waals surface area contributed by atoms with Gasteiger partial charge in [0, 0.05) is 34.0 Å². The Kier molecular flexibility index (Phi) is 4.83. The van der Waals surface area contributed by atoms with Crippen LogP contribution in [-0.4, -0.2) is 20.6 Å². The van der Waals surface area contributed by atoms with E-state index in [4.69, 9.17) is 17.3 Å². The molecule has 152 valence electrons. The van der Waals surface area contributed by atoms with Gasteiger partial charge in [0.2, 0.25) is 0 Å². The largest absolute Gasteiger partial charge is 0.416 e. The molecule has 0 spiro atoms. The van der Waals surface area contributed by atoms with Crippen molar-refractivity contribution in [2.75, 3.05) is 5.32 Å². The summed E-state index contributed by atoms with van der Waals surface area (Å²) in [6.07, 6.45) is -2.90. The molecule has 0 unspecified atom stereocenters. The minimum atomic E-state index is -4.46. The Labute approximate surface area is 173 Å². The van der Waals surface area contributed by atoms with Crippen LogP contribution in [0.1, 0.15) is 5.56 Å². The van der Waals surface area contributed by atoms with Crippen molar-refractivity contribution in [3.63, 3.8) is 0 Å². The van der Waals surface area contributed by atoms with Crippen LogP contribution in [0.3, 0.4) is 0 Å². The molecule has 4 rings (SSSR count). The highest BCUT2D eigenvalue weighted by molar-refractivity contribution is 6.33. The van der Waals surface area contributed by atoms with Crippen molar-refractivity contribution in [3.8, 4) is 22.4 Å². The molecule has 30 heavy (non-hydrogen) atoms. The SMILES string of the molecule is NC(=O)Nc1cc2ncc(-c3ccccc3Cl)c(-c3ccc(C(F)(F)F)cc3)n2n1. The Balaban J connectivity index is 1.98. The Hall–Kier alpha value is -3.59. The fourth-order valence-corrected chi connectivity index (χ4v) is 3.33. The summed E-state index contributed by atoms with van der Waals surface area (Å²) >= 11 is 6.35. The van der Waals surface area contributed by atoms with Gasteiger partial charge in [-0.25, -0.2) is 14.3 Å². The first-order valence-electron chi connectivity index (χ1n) is 8.62. The summed E-state index contributed by atoms with van der Waals surface area (Å²) in [5, 5.41) is 7.10. The lowest BCUT2D eigenvalue weighted by atomic mass is 9.99. The topological polar surface area (TPSA) is 85.3 Å². The zero-order chi connectivity index (χ0) is 21.5. The van der Waals surface area contributed by atoms with Crippen LogP contribution >= 0.6 is 11.6 Å². The normalized spacial score (nSPS) is 11.6. The number of urea groups is 1. The summed E-state index contributed by atoms with van der Waals surface area (Å²) in [6.45, 7) is 0. The van der Waals surface area contributed by atoms with Gasteiger partial charge in [-0.2, -0.15) is 13.2 Å². The Morgan fingerprint density at radius 1 is 1.07 bits per heavy atom. The number of nitrogens with two attached hydrogens (primary N) is 1. The van der Waals surface area contributed by atoms with Gasteiger partial charge >= 0.3 is 12.2 Å². The first kappa shape index (κ1) is 19.7. The van der Waals surface area contributed by atoms with Crippen LogP contribution in [0.4, 0.5) is 23.8 Å². The zero-order valence-electron chi connectivity index (χ0n) is 15.1. The number of rotatable bonds is 3. The Morgan fingerprint density at radius 2 is 1.77 bits per heavy atom. The summed E-state index contributed by atoms with van der Waals surface area (Å²) in [4.78, 5) is 15.5. The maximum Gasteiger partial charge on any atom is 0.416 e. The van der Waals surface area contributed by atoms with Crippen molar-refractivity contribution in [1.82, 2.24) is 14.6 Å². The minimum absolute atomic E-state index is 0.152. The number of nitrogens with zero attached hydrogens (tertiary/aromatic N) is 3. The smallest absolute Gasteiger partial charge is 0.351 e. The molecule has 0 saturated heterocycles. The monoisotopic (exact) mass is 431 g/mol. The maximum atomic E-state index is 13.0. The summed E-state index contributed by atoms with van der Waals surface area (Å²) in [5.74, 6) is 0.152. The number of hydrogen-bond donors (Lipinski definition) is 2. The van der Waals surface area contributed by atoms with Crippen molar-refractivity contribution < 1.29 is 18.0 Å². The molecule has 0 aliphatic carbocycles. The lowest BCUT2D eigenvalue weighted by Crippen LogP contribution is -2.19. The number of halogens is 4. The molecule has 0 radical (unpaired) electrons. The van der Waals surface area contributed by atoms with Crippen molar-refractivity contribution in [1.29, 1.82) is 0 Å². The molecule has 4 aromatic rings. The van der Waals surface area contributed by atoms with E-state index in [0.717, 1.165) is 12.1 Å². The Morgan fingerprint density at radius 3 is 2.40 bits per heavy atom. The van der Waals surface area contributed by atoms with E-state index < -0.39 is 17.8 Å². The minimum Gasteiger partial charge on any atom is -0.351 e. The number of hydrogen-bond acceptors (Lipinski definition) is 3. The number of primary amides is 1. The van der Waals surface area contributed by atoms with Crippen LogP contribution in [-0.2, 0) is 6.18 Å². The van der Waals surface area contributed by atoms with Gasteiger partial charge in [0.25, 0.3) is 0 Å². The molecule has 2 amide bonds. The number of carbonyl (C=O) groups is 1. The van der Waals surface area contributed by atoms with E-state index >= 15 is 0 Å². The second-order valence-electron chi connectivity index (χ2n) is 6.36. The van der Waals surface area contributed by atoms with Gasteiger partial charge in [-0.1, -0.05) is 41.9 Å². The number of anilines is 1. The molecule has 6 nitrogen and oxygen atoms in total. The third kappa shape index (κ3) is 3.67. The number of carbonyl (C=O) groups excluding carboxylic acids is 1. The van der Waals surface area contributed by atoms with Crippen molar-refractivity contribution >= 4 is 29.1 Å². The van der Waals surface area contributed by atoms with Crippen LogP contribution in [0, 0.1) is 0 Å². The number of benzene rings is 2. The van der Waals surface area contributed by atoms with Gasteiger partial charge in [0.1, 0.15) is 0 Å². The summed E-state index contributed by atoms with van der Waals surface area (Å²) in [7, 11) is 0. The van der Waals surface area contributed by atoms with E-state index in [9.17, 15) is 18.0 Å². The third-order valence-electron chi connectivity index (χ3n) is 4.38. The van der Waals surface area contributed by atoms with Crippen molar-refractivity contribution in [2.24, 2.45) is 5.73 Å². The number of fused-ring (bicyclic) bond motifs is 1. The predicted octanol–water partition coefficient (Wildman–Crippen LogP) is 5.23. The van der Waals surface area contributed by atoms with Gasteiger partial charge in [0.15, 0.2) is 11.5 Å². The van der Waals surface area contributed by atoms with Gasteiger partial charge in [-0.05, 0) is 18.2 Å². The van der Waals surface area contributed by atoms with E-state index in [1.54, 1.807) is 30.5 Å². The van der Waals surface area contributed by atoms with E-state index in [1.807, 2.05) is 0 Å². The molecule has 2 aromatic heterocycles. The molecule has 2 heterocycles. The van der Waals surface area contributed by atoms with Crippen LogP contribution in [0.2, 0.25) is 5.02 Å². The fourth-order valence-electron chi connectivity index (χ4n) is 3.09. The number of amides is 2. The van der Waals surface area contributed by atoms with E-state index in [2.05, 4.69) is 15.4 Å². The van der Waals surface area contributed by atoms with E-state index in [-0.39, 0.29) is 5.82 Å². The fraction of sp³-hybridized carbons (Fsp3) is 0.0500. The average Bonchev–Trinajstić information content (AvgIpc) is 3.08. The van der Waals surface area contributed by atoms with Gasteiger partial charge in [-0.15, -0.1) is 5.10 Å². The lowest BCUT2D eigenvalue weighted by Gasteiger charge is -2.14. The standard InChI is InChI=1S/C20H13ClF3N5O/c21-15-4-2-1-3-13(15)14-10-26-17-9-16(27-19(25)30)28-29(17)18(14)11-5-7-12(8-6-11)20(22,23)24/h1-10H,(H3,25,27,28,30). The van der Waals surface area contributed by atoms with Crippen LogP contribution in [0.25, 0.3) is 28.0 Å². The molecule has 0 atom stereocenters. The highest BCUT2D eigenvalue weighted by atomic mass is 35.5. The van der Waals surface area contributed by atoms with Gasteiger partial charge in [0.05, 0.1) is 11.3 Å². The molecule has 3 N–H and O–H groups in total. The molecule has 0 fully saturated rings. The van der Waals surface area contributed by atoms with Crippen molar-refractivity contribution in [2.45, 2.75) is 6.18 Å². The molecule has 10 heteroatoms.